The van der Waals surface area contributed by atoms with Crippen molar-refractivity contribution in [2.45, 2.75) is 17.1 Å². The zero-order chi connectivity index (χ0) is 21.3. The first-order valence-electron chi connectivity index (χ1n) is 9.50. The summed E-state index contributed by atoms with van der Waals surface area (Å²) in [7, 11) is 0. The summed E-state index contributed by atoms with van der Waals surface area (Å²) in [5.41, 5.74) is 1.27. The SMILES string of the molecule is O=C(COc1ccc(C2SCCCS2)cc1)NCC(O)COc1cccc(Cl)c1Cl. The van der Waals surface area contributed by atoms with Crippen molar-refractivity contribution in [2.24, 2.45) is 0 Å². The highest BCUT2D eigenvalue weighted by Crippen LogP contribution is 2.43. The summed E-state index contributed by atoms with van der Waals surface area (Å²) in [4.78, 5) is 12.0. The second-order valence-corrected chi connectivity index (χ2v) is 10.1. The topological polar surface area (TPSA) is 67.8 Å². The van der Waals surface area contributed by atoms with Crippen LogP contribution >= 0.6 is 46.7 Å². The summed E-state index contributed by atoms with van der Waals surface area (Å²) in [5, 5.41) is 13.3. The lowest BCUT2D eigenvalue weighted by Crippen LogP contribution is -2.37. The predicted molar refractivity (Wildman–Crippen MR) is 125 cm³/mol. The molecule has 1 fully saturated rings. The van der Waals surface area contributed by atoms with Gasteiger partial charge in [-0.05, 0) is 47.8 Å². The van der Waals surface area contributed by atoms with E-state index in [0.29, 0.717) is 21.1 Å². The lowest BCUT2D eigenvalue weighted by Gasteiger charge is -2.21. The standard InChI is InChI=1S/C21H23Cl2NO4S2/c22-17-3-1-4-18(20(17)23)28-12-15(25)11-24-19(26)13-27-16-7-5-14(6-8-16)21-29-9-2-10-30-21/h1,3-8,15,21,25H,2,9-13H2,(H,24,26). The monoisotopic (exact) mass is 487 g/mol. The molecule has 2 aromatic carbocycles. The van der Waals surface area contributed by atoms with Gasteiger partial charge in [0.2, 0.25) is 0 Å². The fourth-order valence-corrected chi connectivity index (χ4v) is 5.91. The summed E-state index contributed by atoms with van der Waals surface area (Å²) < 4.78 is 11.5. The van der Waals surface area contributed by atoms with Crippen molar-refractivity contribution in [3.8, 4) is 11.5 Å². The predicted octanol–water partition coefficient (Wildman–Crippen LogP) is 4.80. The highest BCUT2D eigenvalue weighted by molar-refractivity contribution is 8.16. The van der Waals surface area contributed by atoms with Crippen LogP contribution in [0.5, 0.6) is 11.5 Å². The number of carbonyl (C=O) groups is 1. The Labute approximate surface area is 194 Å². The fourth-order valence-electron chi connectivity index (χ4n) is 2.67. The number of carbonyl (C=O) groups excluding carboxylic acids is 1. The molecule has 1 saturated heterocycles. The van der Waals surface area contributed by atoms with Gasteiger partial charge in [-0.15, -0.1) is 23.5 Å². The van der Waals surface area contributed by atoms with E-state index in [-0.39, 0.29) is 30.7 Å². The average molecular weight is 488 g/mol. The number of ether oxygens (including phenoxy) is 2. The Kier molecular flexibility index (Phi) is 9.33. The maximum atomic E-state index is 12.0. The highest BCUT2D eigenvalue weighted by Gasteiger charge is 2.16. The number of rotatable bonds is 9. The Bertz CT molecular complexity index is 832. The minimum absolute atomic E-state index is 0.0279. The molecule has 1 aliphatic heterocycles. The third-order valence-corrected chi connectivity index (χ3v) is 8.05. The van der Waals surface area contributed by atoms with Crippen molar-refractivity contribution >= 4 is 52.6 Å². The molecule has 2 aromatic rings. The molecule has 0 radical (unpaired) electrons. The van der Waals surface area contributed by atoms with Crippen LogP contribution in [0.15, 0.2) is 42.5 Å². The van der Waals surface area contributed by atoms with Gasteiger partial charge in [-0.25, -0.2) is 0 Å². The third-order valence-electron chi connectivity index (χ3n) is 4.23. The molecule has 0 spiro atoms. The van der Waals surface area contributed by atoms with Gasteiger partial charge in [-0.3, -0.25) is 4.79 Å². The van der Waals surface area contributed by atoms with Crippen LogP contribution in [0.1, 0.15) is 16.6 Å². The van der Waals surface area contributed by atoms with Gasteiger partial charge in [0, 0.05) is 6.54 Å². The number of amides is 1. The number of hydrogen-bond donors (Lipinski definition) is 2. The Balaban J connectivity index is 1.35. The summed E-state index contributed by atoms with van der Waals surface area (Å²) in [6, 6.07) is 12.9. The summed E-state index contributed by atoms with van der Waals surface area (Å²) in [6.07, 6.45) is 0.367. The van der Waals surface area contributed by atoms with Gasteiger partial charge in [0.05, 0.1) is 9.60 Å². The largest absolute Gasteiger partial charge is 0.489 e. The van der Waals surface area contributed by atoms with Crippen LogP contribution in [0.4, 0.5) is 0 Å². The van der Waals surface area contributed by atoms with Gasteiger partial charge in [0.1, 0.15) is 29.2 Å². The number of aliphatic hydroxyl groups excluding tert-OH is 1. The zero-order valence-corrected chi connectivity index (χ0v) is 19.3. The van der Waals surface area contributed by atoms with E-state index in [4.69, 9.17) is 32.7 Å². The van der Waals surface area contributed by atoms with Crippen molar-refractivity contribution in [3.63, 3.8) is 0 Å². The smallest absolute Gasteiger partial charge is 0.258 e. The zero-order valence-electron chi connectivity index (χ0n) is 16.2. The quantitative estimate of drug-likeness (QED) is 0.529. The molecule has 5 nitrogen and oxygen atoms in total. The molecule has 1 amide bonds. The van der Waals surface area contributed by atoms with Crippen molar-refractivity contribution < 1.29 is 19.4 Å². The molecule has 0 bridgehead atoms. The van der Waals surface area contributed by atoms with E-state index in [1.807, 2.05) is 47.8 Å². The maximum Gasteiger partial charge on any atom is 0.258 e. The van der Waals surface area contributed by atoms with Crippen molar-refractivity contribution in [2.75, 3.05) is 31.3 Å². The molecule has 162 valence electrons. The van der Waals surface area contributed by atoms with Crippen LogP contribution in [0.3, 0.4) is 0 Å². The van der Waals surface area contributed by atoms with Crippen LogP contribution in [0.2, 0.25) is 10.0 Å². The van der Waals surface area contributed by atoms with E-state index in [1.54, 1.807) is 18.2 Å². The number of aliphatic hydroxyl groups is 1. The van der Waals surface area contributed by atoms with E-state index in [9.17, 15) is 9.90 Å². The summed E-state index contributed by atoms with van der Waals surface area (Å²) in [6.45, 7) is -0.116. The number of thioether (sulfide) groups is 2. The van der Waals surface area contributed by atoms with E-state index in [0.717, 1.165) is 0 Å². The average Bonchev–Trinajstić information content (AvgIpc) is 2.78. The van der Waals surface area contributed by atoms with Crippen molar-refractivity contribution in [3.05, 3.63) is 58.1 Å². The summed E-state index contributed by atoms with van der Waals surface area (Å²) in [5.74, 6) is 3.08. The normalized spacial score (nSPS) is 15.4. The van der Waals surface area contributed by atoms with Crippen molar-refractivity contribution in [1.82, 2.24) is 5.32 Å². The second kappa shape index (κ2) is 12.0. The Hall–Kier alpha value is -1.25. The Morgan fingerprint density at radius 1 is 1.13 bits per heavy atom. The van der Waals surface area contributed by atoms with Gasteiger partial charge in [-0.1, -0.05) is 41.4 Å². The van der Waals surface area contributed by atoms with Gasteiger partial charge in [0.15, 0.2) is 6.61 Å². The van der Waals surface area contributed by atoms with Crippen LogP contribution < -0.4 is 14.8 Å². The molecule has 1 atom stereocenters. The fraction of sp³-hybridized carbons (Fsp3) is 0.381. The minimum atomic E-state index is -0.895. The van der Waals surface area contributed by atoms with Crippen molar-refractivity contribution in [1.29, 1.82) is 0 Å². The third kappa shape index (κ3) is 7.17. The van der Waals surface area contributed by atoms with Crippen LogP contribution in [-0.2, 0) is 4.79 Å². The molecule has 1 aliphatic rings. The minimum Gasteiger partial charge on any atom is -0.489 e. The number of nitrogens with one attached hydrogen (secondary N) is 1. The molecule has 0 aromatic heterocycles. The first-order chi connectivity index (χ1) is 14.5. The van der Waals surface area contributed by atoms with E-state index in [2.05, 4.69) is 5.32 Å². The number of benzene rings is 2. The highest BCUT2D eigenvalue weighted by atomic mass is 35.5. The first-order valence-corrected chi connectivity index (χ1v) is 12.4. The maximum absolute atomic E-state index is 12.0. The summed E-state index contributed by atoms with van der Waals surface area (Å²) >= 11 is 15.9. The van der Waals surface area contributed by atoms with Crippen LogP contribution in [-0.4, -0.2) is 48.4 Å². The van der Waals surface area contributed by atoms with Crippen LogP contribution in [0.25, 0.3) is 0 Å². The second-order valence-electron chi connectivity index (χ2n) is 6.61. The van der Waals surface area contributed by atoms with E-state index in [1.165, 1.54) is 23.5 Å². The number of halogens is 2. The molecule has 1 unspecified atom stereocenters. The molecule has 1 heterocycles. The molecule has 0 aliphatic carbocycles. The van der Waals surface area contributed by atoms with Gasteiger partial charge >= 0.3 is 0 Å². The van der Waals surface area contributed by atoms with E-state index < -0.39 is 6.10 Å². The Morgan fingerprint density at radius 2 is 1.87 bits per heavy atom. The molecular weight excluding hydrogens is 465 g/mol. The Morgan fingerprint density at radius 3 is 2.60 bits per heavy atom. The first kappa shape index (κ1) is 23.4. The molecular formula is C21H23Cl2NO4S2. The van der Waals surface area contributed by atoms with Gasteiger partial charge in [-0.2, -0.15) is 0 Å². The molecule has 3 rings (SSSR count). The van der Waals surface area contributed by atoms with Crippen LogP contribution in [0, 0.1) is 0 Å². The molecule has 2 N–H and O–H groups in total. The van der Waals surface area contributed by atoms with Gasteiger partial charge < -0.3 is 19.9 Å². The molecule has 0 saturated carbocycles. The molecule has 9 heteroatoms. The van der Waals surface area contributed by atoms with Gasteiger partial charge in [0.25, 0.3) is 5.91 Å². The molecule has 30 heavy (non-hydrogen) atoms. The lowest BCUT2D eigenvalue weighted by molar-refractivity contribution is -0.123. The lowest BCUT2D eigenvalue weighted by atomic mass is 10.2. The van der Waals surface area contributed by atoms with E-state index >= 15 is 0 Å². The number of hydrogen-bond acceptors (Lipinski definition) is 6.